The molecule has 1 aromatic carbocycles. The van der Waals surface area contributed by atoms with Crippen LogP contribution in [0.15, 0.2) is 30.6 Å². The number of hydrogen-bond acceptors (Lipinski definition) is 6. The standard InChI is InChI=1S/C15H13N5O4/c16-15(23)10-5-12(18-7-17-10)20-13(21)4-8-1-2-11-9(3-8)19-14(22)6-24-11/h1-3,5,7H,4,6H2,(H2,16,23)(H,19,22)(H,17,18,20,21). The van der Waals surface area contributed by atoms with E-state index in [1.165, 1.54) is 6.07 Å². The minimum absolute atomic E-state index is 0.00828. The van der Waals surface area contributed by atoms with Crippen LogP contribution in [0.1, 0.15) is 16.1 Å². The summed E-state index contributed by atoms with van der Waals surface area (Å²) in [4.78, 5) is 42.0. The Balaban J connectivity index is 1.69. The molecule has 0 bridgehead atoms. The number of benzene rings is 1. The number of nitrogens with one attached hydrogen (secondary N) is 2. The molecule has 24 heavy (non-hydrogen) atoms. The topological polar surface area (TPSA) is 136 Å². The number of nitrogens with zero attached hydrogens (tertiary/aromatic N) is 2. The van der Waals surface area contributed by atoms with Gasteiger partial charge in [-0.2, -0.15) is 0 Å². The highest BCUT2D eigenvalue weighted by atomic mass is 16.5. The summed E-state index contributed by atoms with van der Waals surface area (Å²) in [5.41, 5.74) is 6.34. The average Bonchev–Trinajstić information content (AvgIpc) is 2.54. The summed E-state index contributed by atoms with van der Waals surface area (Å²) >= 11 is 0. The van der Waals surface area contributed by atoms with Crippen LogP contribution < -0.4 is 21.1 Å². The van der Waals surface area contributed by atoms with E-state index in [1.807, 2.05) is 0 Å². The lowest BCUT2D eigenvalue weighted by atomic mass is 10.1. The van der Waals surface area contributed by atoms with E-state index in [1.54, 1.807) is 18.2 Å². The highest BCUT2D eigenvalue weighted by molar-refractivity contribution is 5.96. The van der Waals surface area contributed by atoms with Gasteiger partial charge in [0, 0.05) is 6.07 Å². The lowest BCUT2D eigenvalue weighted by Crippen LogP contribution is -2.25. The molecule has 4 N–H and O–H groups in total. The molecule has 1 aliphatic heterocycles. The average molecular weight is 327 g/mol. The van der Waals surface area contributed by atoms with Gasteiger partial charge in [-0.05, 0) is 17.7 Å². The van der Waals surface area contributed by atoms with E-state index >= 15 is 0 Å². The number of carbonyl (C=O) groups is 3. The Morgan fingerprint density at radius 2 is 2.12 bits per heavy atom. The Hall–Kier alpha value is -3.49. The Kier molecular flexibility index (Phi) is 4.06. The molecule has 3 amide bonds. The largest absolute Gasteiger partial charge is 0.482 e. The maximum absolute atomic E-state index is 12.1. The second-order valence-electron chi connectivity index (χ2n) is 5.05. The van der Waals surface area contributed by atoms with Crippen LogP contribution in [0.25, 0.3) is 0 Å². The number of primary amides is 1. The van der Waals surface area contributed by atoms with Crippen molar-refractivity contribution in [3.05, 3.63) is 41.9 Å². The van der Waals surface area contributed by atoms with Crippen molar-refractivity contribution in [1.29, 1.82) is 0 Å². The second-order valence-corrected chi connectivity index (χ2v) is 5.05. The number of nitrogens with two attached hydrogens (primary N) is 1. The molecule has 2 aromatic rings. The van der Waals surface area contributed by atoms with Crippen molar-refractivity contribution in [2.24, 2.45) is 5.73 Å². The second kappa shape index (κ2) is 6.32. The summed E-state index contributed by atoms with van der Waals surface area (Å²) in [6, 6.07) is 6.37. The summed E-state index contributed by atoms with van der Waals surface area (Å²) in [5.74, 6) is -0.562. The van der Waals surface area contributed by atoms with E-state index in [2.05, 4.69) is 20.6 Å². The van der Waals surface area contributed by atoms with Gasteiger partial charge in [0.2, 0.25) is 5.91 Å². The monoisotopic (exact) mass is 327 g/mol. The Bertz CT molecular complexity index is 836. The minimum Gasteiger partial charge on any atom is -0.482 e. The lowest BCUT2D eigenvalue weighted by molar-refractivity contribution is -0.118. The van der Waals surface area contributed by atoms with Crippen LogP contribution >= 0.6 is 0 Å². The predicted octanol–water partition coefficient (Wildman–Crippen LogP) is 0.0876. The van der Waals surface area contributed by atoms with E-state index in [4.69, 9.17) is 10.5 Å². The van der Waals surface area contributed by atoms with Crippen LogP contribution in [-0.4, -0.2) is 34.3 Å². The van der Waals surface area contributed by atoms with Crippen LogP contribution in [0.3, 0.4) is 0 Å². The van der Waals surface area contributed by atoms with Gasteiger partial charge in [0.15, 0.2) is 6.61 Å². The summed E-state index contributed by atoms with van der Waals surface area (Å²) in [6.45, 7) is -0.0251. The number of aromatic nitrogens is 2. The van der Waals surface area contributed by atoms with Crippen LogP contribution in [0.2, 0.25) is 0 Å². The molecular weight excluding hydrogens is 314 g/mol. The van der Waals surface area contributed by atoms with Gasteiger partial charge in [0.1, 0.15) is 23.6 Å². The van der Waals surface area contributed by atoms with Gasteiger partial charge in [-0.3, -0.25) is 14.4 Å². The molecule has 0 saturated carbocycles. The van der Waals surface area contributed by atoms with Crippen LogP contribution in [-0.2, 0) is 16.0 Å². The number of amides is 3. The lowest BCUT2D eigenvalue weighted by Gasteiger charge is -2.18. The summed E-state index contributed by atoms with van der Waals surface area (Å²) in [5, 5.41) is 5.23. The number of carbonyl (C=O) groups excluding carboxylic acids is 3. The highest BCUT2D eigenvalue weighted by Crippen LogP contribution is 2.28. The summed E-state index contributed by atoms with van der Waals surface area (Å²) in [6.07, 6.45) is 1.19. The molecule has 2 heterocycles. The Morgan fingerprint density at radius 3 is 2.92 bits per heavy atom. The normalized spacial score (nSPS) is 12.6. The van der Waals surface area contributed by atoms with Crippen molar-refractivity contribution < 1.29 is 19.1 Å². The molecule has 0 unspecified atom stereocenters. The number of fused-ring (bicyclic) bond motifs is 1. The summed E-state index contributed by atoms with van der Waals surface area (Å²) in [7, 11) is 0. The molecule has 0 spiro atoms. The van der Waals surface area contributed by atoms with Crippen molar-refractivity contribution in [3.63, 3.8) is 0 Å². The van der Waals surface area contributed by atoms with Crippen molar-refractivity contribution in [3.8, 4) is 5.75 Å². The molecule has 122 valence electrons. The first-order valence-electron chi connectivity index (χ1n) is 6.98. The first-order chi connectivity index (χ1) is 11.5. The molecule has 0 fully saturated rings. The molecule has 0 aliphatic carbocycles. The van der Waals surface area contributed by atoms with Crippen molar-refractivity contribution in [1.82, 2.24) is 9.97 Å². The van der Waals surface area contributed by atoms with Crippen molar-refractivity contribution in [2.45, 2.75) is 6.42 Å². The van der Waals surface area contributed by atoms with Crippen molar-refractivity contribution in [2.75, 3.05) is 17.2 Å². The predicted molar refractivity (Wildman–Crippen MR) is 83.5 cm³/mol. The van der Waals surface area contributed by atoms with Gasteiger partial charge >= 0.3 is 0 Å². The first kappa shape index (κ1) is 15.4. The van der Waals surface area contributed by atoms with Gasteiger partial charge in [-0.1, -0.05) is 6.07 Å². The minimum atomic E-state index is -0.710. The fraction of sp³-hybridized carbons (Fsp3) is 0.133. The van der Waals surface area contributed by atoms with Crippen molar-refractivity contribution >= 4 is 29.2 Å². The quantitative estimate of drug-likeness (QED) is 0.728. The van der Waals surface area contributed by atoms with Crippen LogP contribution in [0.4, 0.5) is 11.5 Å². The maximum Gasteiger partial charge on any atom is 0.267 e. The molecule has 0 radical (unpaired) electrons. The number of anilines is 2. The fourth-order valence-corrected chi connectivity index (χ4v) is 2.17. The third-order valence-corrected chi connectivity index (χ3v) is 3.23. The summed E-state index contributed by atoms with van der Waals surface area (Å²) < 4.78 is 5.25. The highest BCUT2D eigenvalue weighted by Gasteiger charge is 2.17. The molecule has 3 rings (SSSR count). The Morgan fingerprint density at radius 1 is 1.29 bits per heavy atom. The number of ether oxygens (including phenoxy) is 1. The zero-order chi connectivity index (χ0) is 17.1. The molecular formula is C15H13N5O4. The van der Waals surface area contributed by atoms with E-state index in [9.17, 15) is 14.4 Å². The molecule has 1 aromatic heterocycles. The molecule has 0 atom stereocenters. The van der Waals surface area contributed by atoms with E-state index in [0.717, 1.165) is 6.33 Å². The zero-order valence-electron chi connectivity index (χ0n) is 12.4. The zero-order valence-corrected chi connectivity index (χ0v) is 12.4. The fourth-order valence-electron chi connectivity index (χ4n) is 2.17. The van der Waals surface area contributed by atoms with Gasteiger partial charge in [0.05, 0.1) is 12.1 Å². The molecule has 1 aliphatic rings. The van der Waals surface area contributed by atoms with Crippen LogP contribution in [0.5, 0.6) is 5.75 Å². The van der Waals surface area contributed by atoms with E-state index < -0.39 is 5.91 Å². The van der Waals surface area contributed by atoms with Gasteiger partial charge in [0.25, 0.3) is 11.8 Å². The molecule has 0 saturated heterocycles. The Labute approximate surface area is 136 Å². The van der Waals surface area contributed by atoms with Gasteiger partial charge < -0.3 is 21.1 Å². The SMILES string of the molecule is NC(=O)c1cc(NC(=O)Cc2ccc3c(c2)NC(=O)CO3)ncn1. The maximum atomic E-state index is 12.1. The number of hydrogen-bond donors (Lipinski definition) is 3. The van der Waals surface area contributed by atoms with E-state index in [-0.39, 0.29) is 36.4 Å². The first-order valence-corrected chi connectivity index (χ1v) is 6.98. The van der Waals surface area contributed by atoms with Gasteiger partial charge in [-0.25, -0.2) is 9.97 Å². The van der Waals surface area contributed by atoms with Crippen LogP contribution in [0, 0.1) is 0 Å². The smallest absolute Gasteiger partial charge is 0.267 e. The third kappa shape index (κ3) is 3.46. The molecule has 9 heteroatoms. The number of rotatable bonds is 4. The van der Waals surface area contributed by atoms with E-state index in [0.29, 0.717) is 17.0 Å². The van der Waals surface area contributed by atoms with Gasteiger partial charge in [-0.15, -0.1) is 0 Å². The molecule has 9 nitrogen and oxygen atoms in total. The third-order valence-electron chi connectivity index (χ3n) is 3.23.